The lowest BCUT2D eigenvalue weighted by Gasteiger charge is -2.12. The SMILES string of the molecule is CCCCCCNC(=NC)NCc1ccc(NC(=O)CCC)cc1. The van der Waals surface area contributed by atoms with Gasteiger partial charge in [-0.15, -0.1) is 0 Å². The van der Waals surface area contributed by atoms with Crippen LogP contribution in [-0.4, -0.2) is 25.5 Å². The van der Waals surface area contributed by atoms with E-state index >= 15 is 0 Å². The van der Waals surface area contributed by atoms with E-state index in [4.69, 9.17) is 0 Å². The summed E-state index contributed by atoms with van der Waals surface area (Å²) in [7, 11) is 1.79. The minimum absolute atomic E-state index is 0.0658. The summed E-state index contributed by atoms with van der Waals surface area (Å²) in [6, 6.07) is 7.91. The molecule has 1 amide bonds. The van der Waals surface area contributed by atoms with Gasteiger partial charge in [0.05, 0.1) is 0 Å². The van der Waals surface area contributed by atoms with E-state index in [-0.39, 0.29) is 5.91 Å². The zero-order valence-corrected chi connectivity index (χ0v) is 15.3. The molecule has 5 heteroatoms. The highest BCUT2D eigenvalue weighted by Gasteiger charge is 2.02. The Morgan fingerprint density at radius 2 is 1.75 bits per heavy atom. The average Bonchev–Trinajstić information content (AvgIpc) is 2.59. The zero-order valence-electron chi connectivity index (χ0n) is 15.3. The summed E-state index contributed by atoms with van der Waals surface area (Å²) >= 11 is 0. The molecule has 1 aromatic rings. The fraction of sp³-hybridized carbons (Fsp3) is 0.579. The van der Waals surface area contributed by atoms with E-state index in [0.29, 0.717) is 13.0 Å². The molecule has 0 heterocycles. The van der Waals surface area contributed by atoms with Crippen LogP contribution in [0.4, 0.5) is 5.69 Å². The number of guanidine groups is 1. The molecule has 0 bridgehead atoms. The van der Waals surface area contributed by atoms with Gasteiger partial charge in [-0.3, -0.25) is 9.79 Å². The summed E-state index contributed by atoms with van der Waals surface area (Å²) in [5, 5.41) is 9.54. The summed E-state index contributed by atoms with van der Waals surface area (Å²) in [5.74, 6) is 0.892. The van der Waals surface area contributed by atoms with Gasteiger partial charge in [-0.1, -0.05) is 45.2 Å². The number of nitrogens with one attached hydrogen (secondary N) is 3. The lowest BCUT2D eigenvalue weighted by molar-refractivity contribution is -0.116. The van der Waals surface area contributed by atoms with Gasteiger partial charge in [0, 0.05) is 32.2 Å². The number of aliphatic imine (C=N–C) groups is 1. The second-order valence-electron chi connectivity index (χ2n) is 5.91. The van der Waals surface area contributed by atoms with Crippen molar-refractivity contribution in [3.05, 3.63) is 29.8 Å². The molecular formula is C19H32N4O. The lowest BCUT2D eigenvalue weighted by Crippen LogP contribution is -2.37. The van der Waals surface area contributed by atoms with Gasteiger partial charge in [-0.25, -0.2) is 0 Å². The van der Waals surface area contributed by atoms with Crippen molar-refractivity contribution in [2.45, 2.75) is 58.9 Å². The summed E-state index contributed by atoms with van der Waals surface area (Å²) < 4.78 is 0. The van der Waals surface area contributed by atoms with Crippen LogP contribution >= 0.6 is 0 Å². The molecule has 134 valence electrons. The lowest BCUT2D eigenvalue weighted by atomic mass is 10.2. The highest BCUT2D eigenvalue weighted by Crippen LogP contribution is 2.10. The van der Waals surface area contributed by atoms with E-state index in [1.807, 2.05) is 31.2 Å². The number of nitrogens with zero attached hydrogens (tertiary/aromatic N) is 1. The summed E-state index contributed by atoms with van der Waals surface area (Å²) in [6.45, 7) is 5.87. The third-order valence-corrected chi connectivity index (χ3v) is 3.72. The molecule has 24 heavy (non-hydrogen) atoms. The number of rotatable bonds is 10. The molecule has 1 rings (SSSR count). The Morgan fingerprint density at radius 3 is 2.38 bits per heavy atom. The number of hydrogen-bond acceptors (Lipinski definition) is 2. The molecular weight excluding hydrogens is 300 g/mol. The molecule has 0 aliphatic heterocycles. The Hall–Kier alpha value is -2.04. The monoisotopic (exact) mass is 332 g/mol. The van der Waals surface area contributed by atoms with E-state index in [2.05, 4.69) is 27.9 Å². The highest BCUT2D eigenvalue weighted by atomic mass is 16.1. The van der Waals surface area contributed by atoms with Crippen LogP contribution in [0.1, 0.15) is 57.9 Å². The van der Waals surface area contributed by atoms with Crippen molar-refractivity contribution in [1.29, 1.82) is 0 Å². The fourth-order valence-corrected chi connectivity index (χ4v) is 2.32. The fourth-order valence-electron chi connectivity index (χ4n) is 2.32. The second-order valence-corrected chi connectivity index (χ2v) is 5.91. The van der Waals surface area contributed by atoms with Gasteiger partial charge in [0.25, 0.3) is 0 Å². The predicted molar refractivity (Wildman–Crippen MR) is 102 cm³/mol. The highest BCUT2D eigenvalue weighted by molar-refractivity contribution is 5.90. The Bertz CT molecular complexity index is 497. The van der Waals surface area contributed by atoms with Crippen LogP contribution < -0.4 is 16.0 Å². The molecule has 0 saturated heterocycles. The average molecular weight is 332 g/mol. The quantitative estimate of drug-likeness (QED) is 0.348. The first-order valence-corrected chi connectivity index (χ1v) is 9.02. The Morgan fingerprint density at radius 1 is 1.00 bits per heavy atom. The van der Waals surface area contributed by atoms with Gasteiger partial charge in [0.2, 0.25) is 5.91 Å². The van der Waals surface area contributed by atoms with Crippen molar-refractivity contribution in [2.24, 2.45) is 4.99 Å². The molecule has 0 aliphatic carbocycles. The van der Waals surface area contributed by atoms with Crippen LogP contribution in [0.25, 0.3) is 0 Å². The zero-order chi connectivity index (χ0) is 17.6. The molecule has 0 radical (unpaired) electrons. The Balaban J connectivity index is 2.33. The van der Waals surface area contributed by atoms with Crippen LogP contribution in [0.2, 0.25) is 0 Å². The first kappa shape index (κ1) is 20.0. The van der Waals surface area contributed by atoms with Gasteiger partial charge < -0.3 is 16.0 Å². The largest absolute Gasteiger partial charge is 0.356 e. The minimum Gasteiger partial charge on any atom is -0.356 e. The van der Waals surface area contributed by atoms with Crippen molar-refractivity contribution >= 4 is 17.6 Å². The summed E-state index contributed by atoms with van der Waals surface area (Å²) in [6.07, 6.45) is 6.38. The smallest absolute Gasteiger partial charge is 0.224 e. The predicted octanol–water partition coefficient (Wildman–Crippen LogP) is 3.67. The maximum absolute atomic E-state index is 11.6. The third-order valence-electron chi connectivity index (χ3n) is 3.72. The Kier molecular flexibility index (Phi) is 10.3. The molecule has 0 fully saturated rings. The summed E-state index contributed by atoms with van der Waals surface area (Å²) in [5.41, 5.74) is 1.99. The maximum Gasteiger partial charge on any atom is 0.224 e. The standard InChI is InChI=1S/C19H32N4O/c1-4-6-7-8-14-21-19(20-3)22-15-16-10-12-17(13-11-16)23-18(24)9-5-2/h10-13H,4-9,14-15H2,1-3H3,(H,23,24)(H2,20,21,22). The van der Waals surface area contributed by atoms with E-state index in [1.54, 1.807) is 7.05 Å². The number of carbonyl (C=O) groups excluding carboxylic acids is 1. The molecule has 0 atom stereocenters. The maximum atomic E-state index is 11.6. The van der Waals surface area contributed by atoms with Crippen LogP contribution in [0.3, 0.4) is 0 Å². The first-order chi connectivity index (χ1) is 11.7. The van der Waals surface area contributed by atoms with E-state index in [1.165, 1.54) is 25.7 Å². The number of benzene rings is 1. The number of unbranched alkanes of at least 4 members (excludes halogenated alkanes) is 3. The topological polar surface area (TPSA) is 65.5 Å². The van der Waals surface area contributed by atoms with Crippen molar-refractivity contribution in [1.82, 2.24) is 10.6 Å². The molecule has 5 nitrogen and oxygen atoms in total. The van der Waals surface area contributed by atoms with Crippen LogP contribution in [0.15, 0.2) is 29.3 Å². The van der Waals surface area contributed by atoms with Gasteiger partial charge >= 0.3 is 0 Å². The molecule has 0 spiro atoms. The second kappa shape index (κ2) is 12.4. The van der Waals surface area contributed by atoms with E-state index < -0.39 is 0 Å². The van der Waals surface area contributed by atoms with Crippen LogP contribution in [-0.2, 0) is 11.3 Å². The molecule has 3 N–H and O–H groups in total. The van der Waals surface area contributed by atoms with Crippen LogP contribution in [0.5, 0.6) is 0 Å². The van der Waals surface area contributed by atoms with Crippen LogP contribution in [0, 0.1) is 0 Å². The molecule has 0 saturated carbocycles. The van der Waals surface area contributed by atoms with Crippen molar-refractivity contribution in [3.8, 4) is 0 Å². The van der Waals surface area contributed by atoms with Gasteiger partial charge in [-0.05, 0) is 30.5 Å². The van der Waals surface area contributed by atoms with E-state index in [9.17, 15) is 4.79 Å². The van der Waals surface area contributed by atoms with Crippen molar-refractivity contribution in [2.75, 3.05) is 18.9 Å². The van der Waals surface area contributed by atoms with Crippen molar-refractivity contribution < 1.29 is 4.79 Å². The number of hydrogen-bond donors (Lipinski definition) is 3. The molecule has 0 aromatic heterocycles. The minimum atomic E-state index is 0.0658. The van der Waals surface area contributed by atoms with Gasteiger partial charge in [-0.2, -0.15) is 0 Å². The molecule has 0 aliphatic rings. The summed E-state index contributed by atoms with van der Waals surface area (Å²) in [4.78, 5) is 15.8. The number of amides is 1. The first-order valence-electron chi connectivity index (χ1n) is 9.02. The number of carbonyl (C=O) groups is 1. The van der Waals surface area contributed by atoms with Gasteiger partial charge in [0.15, 0.2) is 5.96 Å². The molecule has 1 aromatic carbocycles. The number of anilines is 1. The van der Waals surface area contributed by atoms with Crippen molar-refractivity contribution in [3.63, 3.8) is 0 Å². The van der Waals surface area contributed by atoms with E-state index in [0.717, 1.165) is 30.2 Å². The van der Waals surface area contributed by atoms with Gasteiger partial charge in [0.1, 0.15) is 0 Å². The Labute approximate surface area is 146 Å². The molecule has 0 unspecified atom stereocenters. The normalized spacial score (nSPS) is 11.2. The third kappa shape index (κ3) is 8.56.